The van der Waals surface area contributed by atoms with E-state index in [1.54, 1.807) is 0 Å². The lowest BCUT2D eigenvalue weighted by Crippen LogP contribution is -2.24. The van der Waals surface area contributed by atoms with Gasteiger partial charge >= 0.3 is 5.97 Å². The average Bonchev–Trinajstić information content (AvgIpc) is 2.57. The standard InChI is InChI=1S/C8H10O3/c9-8(10)5-2-3-1-4(5)7-6(3)11-7/h3-7H,1-2H2,(H,9,10). The van der Waals surface area contributed by atoms with Crippen molar-refractivity contribution in [3.8, 4) is 0 Å². The third kappa shape index (κ3) is 0.601. The van der Waals surface area contributed by atoms with Gasteiger partial charge < -0.3 is 9.84 Å². The lowest BCUT2D eigenvalue weighted by atomic mass is 9.89. The van der Waals surface area contributed by atoms with E-state index in [-0.39, 0.29) is 5.92 Å². The van der Waals surface area contributed by atoms with Gasteiger partial charge in [0.2, 0.25) is 0 Å². The predicted octanol–water partition coefficient (Wildman–Crippen LogP) is 0.494. The number of carbonyl (C=O) groups is 1. The maximum absolute atomic E-state index is 10.7. The highest BCUT2D eigenvalue weighted by Gasteiger charge is 2.64. The SMILES string of the molecule is O=C(O)C1CC2CC1C1OC21. The second-order valence-corrected chi connectivity index (χ2v) is 3.91. The molecule has 3 heteroatoms. The van der Waals surface area contributed by atoms with Gasteiger partial charge in [-0.05, 0) is 18.8 Å². The number of rotatable bonds is 1. The number of ether oxygens (including phenoxy) is 1. The van der Waals surface area contributed by atoms with Crippen LogP contribution >= 0.6 is 0 Å². The molecule has 2 aliphatic carbocycles. The van der Waals surface area contributed by atoms with Gasteiger partial charge in [0.1, 0.15) is 0 Å². The molecule has 1 N–H and O–H groups in total. The van der Waals surface area contributed by atoms with Crippen molar-refractivity contribution in [1.82, 2.24) is 0 Å². The van der Waals surface area contributed by atoms with Gasteiger partial charge in [-0.15, -0.1) is 0 Å². The number of fused-ring (bicyclic) bond motifs is 5. The first-order valence-electron chi connectivity index (χ1n) is 4.15. The van der Waals surface area contributed by atoms with Gasteiger partial charge in [0.15, 0.2) is 0 Å². The Morgan fingerprint density at radius 3 is 2.73 bits per heavy atom. The van der Waals surface area contributed by atoms with Crippen LogP contribution in [0.25, 0.3) is 0 Å². The normalized spacial score (nSPS) is 57.6. The third-order valence-electron chi connectivity index (χ3n) is 3.41. The van der Waals surface area contributed by atoms with E-state index in [1.807, 2.05) is 0 Å². The van der Waals surface area contributed by atoms with Gasteiger partial charge in [-0.2, -0.15) is 0 Å². The second kappa shape index (κ2) is 1.61. The quantitative estimate of drug-likeness (QED) is 0.559. The molecule has 1 heterocycles. The van der Waals surface area contributed by atoms with E-state index in [1.165, 1.54) is 0 Å². The molecule has 0 radical (unpaired) electrons. The van der Waals surface area contributed by atoms with Crippen LogP contribution in [-0.2, 0) is 9.53 Å². The van der Waals surface area contributed by atoms with Crippen molar-refractivity contribution in [2.75, 3.05) is 0 Å². The zero-order valence-corrected chi connectivity index (χ0v) is 6.06. The first-order chi connectivity index (χ1) is 5.27. The van der Waals surface area contributed by atoms with Crippen LogP contribution in [0.2, 0.25) is 0 Å². The molecular formula is C8H10O3. The van der Waals surface area contributed by atoms with Crippen LogP contribution in [0.4, 0.5) is 0 Å². The molecule has 0 spiro atoms. The molecule has 11 heavy (non-hydrogen) atoms. The lowest BCUT2D eigenvalue weighted by molar-refractivity contribution is -0.143. The van der Waals surface area contributed by atoms with Gasteiger partial charge in [0, 0.05) is 5.92 Å². The molecule has 0 amide bonds. The highest BCUT2D eigenvalue weighted by atomic mass is 16.6. The summed E-state index contributed by atoms with van der Waals surface area (Å²) in [5, 5.41) is 8.82. The first kappa shape index (κ1) is 6.00. The second-order valence-electron chi connectivity index (χ2n) is 3.91. The number of aliphatic carboxylic acids is 1. The Hall–Kier alpha value is -0.570. The summed E-state index contributed by atoms with van der Waals surface area (Å²) in [6.45, 7) is 0. The molecule has 1 aliphatic heterocycles. The predicted molar refractivity (Wildman–Crippen MR) is 36.0 cm³/mol. The number of carboxylic acid groups (broad SMARTS) is 1. The molecule has 3 nitrogen and oxygen atoms in total. The summed E-state index contributed by atoms with van der Waals surface area (Å²) in [6, 6.07) is 0. The molecule has 5 unspecified atom stereocenters. The van der Waals surface area contributed by atoms with Crippen LogP contribution in [-0.4, -0.2) is 23.3 Å². The molecule has 1 saturated heterocycles. The topological polar surface area (TPSA) is 49.8 Å². The molecule has 0 aromatic rings. The Morgan fingerprint density at radius 2 is 2.18 bits per heavy atom. The molecular weight excluding hydrogens is 144 g/mol. The Morgan fingerprint density at radius 1 is 1.36 bits per heavy atom. The van der Waals surface area contributed by atoms with Crippen molar-refractivity contribution in [3.05, 3.63) is 0 Å². The van der Waals surface area contributed by atoms with E-state index in [9.17, 15) is 4.79 Å². The van der Waals surface area contributed by atoms with Crippen molar-refractivity contribution in [3.63, 3.8) is 0 Å². The number of hydrogen-bond acceptors (Lipinski definition) is 2. The maximum atomic E-state index is 10.7. The lowest BCUT2D eigenvalue weighted by Gasteiger charge is -2.13. The van der Waals surface area contributed by atoms with E-state index in [2.05, 4.69) is 0 Å². The van der Waals surface area contributed by atoms with Gasteiger partial charge in [0.25, 0.3) is 0 Å². The molecule has 5 atom stereocenters. The molecule has 3 fully saturated rings. The summed E-state index contributed by atoms with van der Waals surface area (Å²) in [5.74, 6) is 0.212. The number of carboxylic acids is 1. The summed E-state index contributed by atoms with van der Waals surface area (Å²) in [6.07, 6.45) is 2.75. The smallest absolute Gasteiger partial charge is 0.306 e. The fraction of sp³-hybridized carbons (Fsp3) is 0.875. The van der Waals surface area contributed by atoms with E-state index in [0.29, 0.717) is 24.0 Å². The summed E-state index contributed by atoms with van der Waals surface area (Å²) >= 11 is 0. The fourth-order valence-electron chi connectivity index (χ4n) is 2.89. The van der Waals surface area contributed by atoms with Crippen molar-refractivity contribution in [1.29, 1.82) is 0 Å². The molecule has 2 bridgehead atoms. The van der Waals surface area contributed by atoms with Crippen molar-refractivity contribution < 1.29 is 14.6 Å². The minimum Gasteiger partial charge on any atom is -0.481 e. The van der Waals surface area contributed by atoms with Crippen LogP contribution in [0.5, 0.6) is 0 Å². The molecule has 0 aromatic heterocycles. The Balaban J connectivity index is 1.87. The minimum atomic E-state index is -0.619. The molecule has 0 aromatic carbocycles. The van der Waals surface area contributed by atoms with E-state index in [0.717, 1.165) is 12.8 Å². The zero-order chi connectivity index (χ0) is 7.59. The van der Waals surface area contributed by atoms with E-state index in [4.69, 9.17) is 9.84 Å². The van der Waals surface area contributed by atoms with E-state index < -0.39 is 5.97 Å². The Kier molecular flexibility index (Phi) is 0.876. The van der Waals surface area contributed by atoms with Crippen LogP contribution < -0.4 is 0 Å². The highest BCUT2D eigenvalue weighted by Crippen LogP contribution is 2.58. The first-order valence-corrected chi connectivity index (χ1v) is 4.15. The van der Waals surface area contributed by atoms with Crippen LogP contribution in [0, 0.1) is 17.8 Å². The average molecular weight is 154 g/mol. The molecule has 2 saturated carbocycles. The molecule has 3 aliphatic rings. The van der Waals surface area contributed by atoms with Gasteiger partial charge in [0.05, 0.1) is 18.1 Å². The van der Waals surface area contributed by atoms with Crippen molar-refractivity contribution in [2.45, 2.75) is 25.0 Å². The van der Waals surface area contributed by atoms with Gasteiger partial charge in [-0.1, -0.05) is 0 Å². The highest BCUT2D eigenvalue weighted by molar-refractivity contribution is 5.71. The Labute approximate surface area is 64.3 Å². The van der Waals surface area contributed by atoms with E-state index >= 15 is 0 Å². The molecule has 60 valence electrons. The van der Waals surface area contributed by atoms with Crippen LogP contribution in [0.3, 0.4) is 0 Å². The van der Waals surface area contributed by atoms with Gasteiger partial charge in [-0.25, -0.2) is 0 Å². The zero-order valence-electron chi connectivity index (χ0n) is 6.06. The van der Waals surface area contributed by atoms with Crippen molar-refractivity contribution >= 4 is 5.97 Å². The molecule has 3 rings (SSSR count). The summed E-state index contributed by atoms with van der Waals surface area (Å²) in [7, 11) is 0. The van der Waals surface area contributed by atoms with Crippen LogP contribution in [0.1, 0.15) is 12.8 Å². The minimum absolute atomic E-state index is 0.0938. The monoisotopic (exact) mass is 154 g/mol. The number of epoxide rings is 1. The summed E-state index contributed by atoms with van der Waals surface area (Å²) < 4.78 is 5.36. The third-order valence-corrected chi connectivity index (χ3v) is 3.41. The largest absolute Gasteiger partial charge is 0.481 e. The summed E-state index contributed by atoms with van der Waals surface area (Å²) in [5.41, 5.74) is 0. The fourth-order valence-corrected chi connectivity index (χ4v) is 2.89. The number of hydrogen-bond donors (Lipinski definition) is 1. The van der Waals surface area contributed by atoms with Crippen LogP contribution in [0.15, 0.2) is 0 Å². The van der Waals surface area contributed by atoms with Gasteiger partial charge in [-0.3, -0.25) is 4.79 Å². The Bertz CT molecular complexity index is 225. The summed E-state index contributed by atoms with van der Waals surface area (Å²) in [4.78, 5) is 10.7. The van der Waals surface area contributed by atoms with Crippen molar-refractivity contribution in [2.24, 2.45) is 17.8 Å². The maximum Gasteiger partial charge on any atom is 0.306 e.